The molecule has 0 radical (unpaired) electrons. The van der Waals surface area contributed by atoms with Gasteiger partial charge < -0.3 is 15.5 Å². The first-order valence-electron chi connectivity index (χ1n) is 10.0. The minimum absolute atomic E-state index is 0.636. The van der Waals surface area contributed by atoms with E-state index in [0.29, 0.717) is 12.6 Å². The molecule has 0 spiro atoms. The first-order valence-corrected chi connectivity index (χ1v) is 10.0. The third-order valence-corrected chi connectivity index (χ3v) is 5.29. The topological polar surface area (TPSA) is 42.9 Å². The number of guanidine groups is 1. The minimum atomic E-state index is 0.636. The Bertz CT molecular complexity index is 599. The molecule has 1 atom stereocenters. The van der Waals surface area contributed by atoms with Crippen LogP contribution in [0.25, 0.3) is 0 Å². The summed E-state index contributed by atoms with van der Waals surface area (Å²) >= 11 is 0. The number of nitrogens with zero attached hydrogens (tertiary/aromatic N) is 3. The highest BCUT2D eigenvalue weighted by atomic mass is 15.2. The van der Waals surface area contributed by atoms with E-state index in [-0.39, 0.29) is 0 Å². The summed E-state index contributed by atoms with van der Waals surface area (Å²) in [4.78, 5) is 9.69. The second-order valence-corrected chi connectivity index (χ2v) is 7.04. The fourth-order valence-corrected chi connectivity index (χ4v) is 3.77. The Labute approximate surface area is 158 Å². The lowest BCUT2D eigenvalue weighted by atomic mass is 10.2. The summed E-state index contributed by atoms with van der Waals surface area (Å²) in [7, 11) is 0. The molecule has 142 valence electrons. The predicted octanol–water partition coefficient (Wildman–Crippen LogP) is 2.60. The van der Waals surface area contributed by atoms with Gasteiger partial charge in [0.1, 0.15) is 0 Å². The first kappa shape index (κ1) is 18.8. The number of likely N-dealkylation sites (tertiary alicyclic amines) is 1. The Morgan fingerprint density at radius 1 is 1.12 bits per heavy atom. The molecule has 2 aliphatic heterocycles. The number of rotatable bonds is 7. The molecule has 2 heterocycles. The zero-order valence-electron chi connectivity index (χ0n) is 16.2. The van der Waals surface area contributed by atoms with E-state index >= 15 is 0 Å². The number of benzene rings is 1. The average Bonchev–Trinajstić information content (AvgIpc) is 3.36. The molecule has 0 bridgehead atoms. The van der Waals surface area contributed by atoms with Crippen LogP contribution in [-0.2, 0) is 6.54 Å². The minimum Gasteiger partial charge on any atom is -0.364 e. The molecular formula is C21H33N5. The van der Waals surface area contributed by atoms with Gasteiger partial charge in [0.15, 0.2) is 5.96 Å². The quantitative estimate of drug-likeness (QED) is 0.448. The van der Waals surface area contributed by atoms with Gasteiger partial charge in [-0.25, -0.2) is 4.99 Å². The maximum Gasteiger partial charge on any atom is 0.191 e. The second-order valence-electron chi connectivity index (χ2n) is 7.04. The molecule has 0 aromatic heterocycles. The van der Waals surface area contributed by atoms with Gasteiger partial charge >= 0.3 is 0 Å². The van der Waals surface area contributed by atoms with E-state index in [4.69, 9.17) is 4.99 Å². The van der Waals surface area contributed by atoms with Gasteiger partial charge in [0.25, 0.3) is 0 Å². The first-order chi connectivity index (χ1) is 12.8. The normalized spacial score (nSPS) is 20.8. The Morgan fingerprint density at radius 3 is 2.58 bits per heavy atom. The molecule has 1 unspecified atom stereocenters. The summed E-state index contributed by atoms with van der Waals surface area (Å²) in [6, 6.07) is 9.43. The van der Waals surface area contributed by atoms with Crippen molar-refractivity contribution < 1.29 is 0 Å². The van der Waals surface area contributed by atoms with Crippen molar-refractivity contribution in [2.75, 3.05) is 44.2 Å². The highest BCUT2D eigenvalue weighted by Crippen LogP contribution is 2.18. The number of anilines is 1. The van der Waals surface area contributed by atoms with Gasteiger partial charge in [0.05, 0.1) is 6.54 Å². The molecule has 0 aliphatic carbocycles. The summed E-state index contributed by atoms with van der Waals surface area (Å²) in [5.74, 6) is 0.920. The van der Waals surface area contributed by atoms with E-state index in [1.54, 1.807) is 0 Å². The predicted molar refractivity (Wildman–Crippen MR) is 111 cm³/mol. The summed E-state index contributed by atoms with van der Waals surface area (Å²) in [6.07, 6.45) is 7.03. The zero-order valence-corrected chi connectivity index (χ0v) is 16.2. The average molecular weight is 356 g/mol. The van der Waals surface area contributed by atoms with Gasteiger partial charge in [-0.3, -0.25) is 4.90 Å². The molecule has 1 aromatic rings. The second kappa shape index (κ2) is 9.62. The van der Waals surface area contributed by atoms with E-state index in [9.17, 15) is 0 Å². The SMILES string of the molecule is CCNC(=NCc1ccc(N2CC=CC2)cc1)NCC1CCCN1CC. The van der Waals surface area contributed by atoms with Crippen molar-refractivity contribution in [2.24, 2.45) is 4.99 Å². The maximum atomic E-state index is 4.77. The van der Waals surface area contributed by atoms with E-state index in [0.717, 1.165) is 38.7 Å². The van der Waals surface area contributed by atoms with Crippen molar-refractivity contribution in [2.45, 2.75) is 39.3 Å². The molecule has 2 N–H and O–H groups in total. The summed E-state index contributed by atoms with van der Waals surface area (Å²) < 4.78 is 0. The molecule has 1 aromatic carbocycles. The maximum absolute atomic E-state index is 4.77. The lowest BCUT2D eigenvalue weighted by Crippen LogP contribution is -2.44. The van der Waals surface area contributed by atoms with Crippen LogP contribution in [0.4, 0.5) is 5.69 Å². The fraction of sp³-hybridized carbons (Fsp3) is 0.571. The monoisotopic (exact) mass is 355 g/mol. The van der Waals surface area contributed by atoms with Gasteiger partial charge in [-0.05, 0) is 50.6 Å². The molecule has 3 rings (SSSR count). The van der Waals surface area contributed by atoms with Gasteiger partial charge in [0, 0.05) is 37.9 Å². The molecule has 5 nitrogen and oxygen atoms in total. The van der Waals surface area contributed by atoms with E-state index in [1.165, 1.54) is 30.6 Å². The summed E-state index contributed by atoms with van der Waals surface area (Å²) in [5, 5.41) is 6.90. The Kier molecular flexibility index (Phi) is 6.95. The Morgan fingerprint density at radius 2 is 1.88 bits per heavy atom. The van der Waals surface area contributed by atoms with Crippen molar-refractivity contribution in [1.29, 1.82) is 0 Å². The standard InChI is InChI=1S/C21H33N5/c1-3-22-21(24-17-20-8-7-15-25(20)4-2)23-16-18-9-11-19(12-10-18)26-13-5-6-14-26/h5-6,9-12,20H,3-4,7-8,13-17H2,1-2H3,(H2,22,23,24). The third-order valence-electron chi connectivity index (χ3n) is 5.29. The van der Waals surface area contributed by atoms with Crippen LogP contribution in [0.2, 0.25) is 0 Å². The van der Waals surface area contributed by atoms with Crippen LogP contribution >= 0.6 is 0 Å². The van der Waals surface area contributed by atoms with Gasteiger partial charge in [0.2, 0.25) is 0 Å². The molecule has 0 saturated carbocycles. The van der Waals surface area contributed by atoms with E-state index < -0.39 is 0 Å². The van der Waals surface area contributed by atoms with Crippen molar-refractivity contribution in [3.05, 3.63) is 42.0 Å². The fourth-order valence-electron chi connectivity index (χ4n) is 3.77. The van der Waals surface area contributed by atoms with Crippen LogP contribution in [0.5, 0.6) is 0 Å². The number of hydrogen-bond donors (Lipinski definition) is 2. The number of nitrogens with one attached hydrogen (secondary N) is 2. The van der Waals surface area contributed by atoms with Crippen molar-refractivity contribution in [3.8, 4) is 0 Å². The van der Waals surface area contributed by atoms with Gasteiger partial charge in [-0.1, -0.05) is 31.2 Å². The van der Waals surface area contributed by atoms with Gasteiger partial charge in [-0.15, -0.1) is 0 Å². The number of likely N-dealkylation sites (N-methyl/N-ethyl adjacent to an activating group) is 1. The Hall–Kier alpha value is -2.01. The molecule has 26 heavy (non-hydrogen) atoms. The lowest BCUT2D eigenvalue weighted by Gasteiger charge is -2.24. The molecule has 0 amide bonds. The number of aliphatic imine (C=N–C) groups is 1. The van der Waals surface area contributed by atoms with Crippen LogP contribution in [0.1, 0.15) is 32.3 Å². The lowest BCUT2D eigenvalue weighted by molar-refractivity contribution is 0.267. The third kappa shape index (κ3) is 5.01. The van der Waals surface area contributed by atoms with Crippen LogP contribution in [0, 0.1) is 0 Å². The molecular weight excluding hydrogens is 322 g/mol. The molecule has 1 fully saturated rings. The zero-order chi connectivity index (χ0) is 18.2. The van der Waals surface area contributed by atoms with Crippen LogP contribution in [-0.4, -0.2) is 56.2 Å². The molecule has 1 saturated heterocycles. The highest BCUT2D eigenvalue weighted by Gasteiger charge is 2.22. The van der Waals surface area contributed by atoms with E-state index in [1.807, 2.05) is 0 Å². The van der Waals surface area contributed by atoms with Gasteiger partial charge in [-0.2, -0.15) is 0 Å². The van der Waals surface area contributed by atoms with Crippen molar-refractivity contribution in [1.82, 2.24) is 15.5 Å². The molecule has 2 aliphatic rings. The van der Waals surface area contributed by atoms with Crippen LogP contribution in [0.15, 0.2) is 41.4 Å². The largest absolute Gasteiger partial charge is 0.364 e. The van der Waals surface area contributed by atoms with Crippen LogP contribution < -0.4 is 15.5 Å². The smallest absolute Gasteiger partial charge is 0.191 e. The van der Waals surface area contributed by atoms with Crippen LogP contribution in [0.3, 0.4) is 0 Å². The Balaban J connectivity index is 1.53. The van der Waals surface area contributed by atoms with E-state index in [2.05, 4.69) is 70.7 Å². The summed E-state index contributed by atoms with van der Waals surface area (Å²) in [6.45, 7) is 11.3. The van der Waals surface area contributed by atoms with Crippen molar-refractivity contribution >= 4 is 11.6 Å². The number of hydrogen-bond acceptors (Lipinski definition) is 3. The van der Waals surface area contributed by atoms with Crippen molar-refractivity contribution in [3.63, 3.8) is 0 Å². The highest BCUT2D eigenvalue weighted by molar-refractivity contribution is 5.79. The summed E-state index contributed by atoms with van der Waals surface area (Å²) in [5.41, 5.74) is 2.53. The molecule has 5 heteroatoms.